The van der Waals surface area contributed by atoms with E-state index in [1.807, 2.05) is 0 Å². The maximum Gasteiger partial charge on any atom is 0.326 e. The van der Waals surface area contributed by atoms with Crippen molar-refractivity contribution in [2.45, 2.75) is 32.2 Å². The van der Waals surface area contributed by atoms with Crippen LogP contribution in [0.4, 0.5) is 0 Å². The molecule has 0 aromatic heterocycles. The summed E-state index contributed by atoms with van der Waals surface area (Å²) < 4.78 is 4.90. The lowest BCUT2D eigenvalue weighted by Gasteiger charge is -2.19. The van der Waals surface area contributed by atoms with Gasteiger partial charge in [0, 0.05) is 16.6 Å². The molecule has 1 aromatic carbocycles. The maximum absolute atomic E-state index is 12.3. The largest absolute Gasteiger partial charge is 0.454 e. The lowest BCUT2D eigenvalue weighted by molar-refractivity contribution is -0.154. The van der Waals surface area contributed by atoms with Gasteiger partial charge in [0.1, 0.15) is 6.54 Å². The number of imide groups is 1. The number of amides is 3. The van der Waals surface area contributed by atoms with Crippen LogP contribution in [0.1, 0.15) is 31.2 Å². The van der Waals surface area contributed by atoms with E-state index in [-0.39, 0.29) is 30.2 Å². The number of benzene rings is 1. The van der Waals surface area contributed by atoms with E-state index in [0.717, 1.165) is 17.7 Å². The number of nitrogens with zero attached hydrogens (tertiary/aromatic N) is 1. The summed E-state index contributed by atoms with van der Waals surface area (Å²) in [6.45, 7) is -0.813. The van der Waals surface area contributed by atoms with Crippen molar-refractivity contribution in [1.29, 1.82) is 0 Å². The fraction of sp³-hybridized carbons (Fsp3) is 0.474. The molecular weight excluding hydrogens is 407 g/mol. The zero-order valence-electron chi connectivity index (χ0n) is 15.1. The second-order valence-electron chi connectivity index (χ2n) is 6.93. The molecule has 0 spiro atoms. The highest BCUT2D eigenvalue weighted by Crippen LogP contribution is 2.37. The molecule has 1 saturated carbocycles. The summed E-state index contributed by atoms with van der Waals surface area (Å²) in [5.41, 5.74) is 0.668. The van der Waals surface area contributed by atoms with Gasteiger partial charge >= 0.3 is 5.97 Å². The number of ether oxygens (including phenoxy) is 1. The van der Waals surface area contributed by atoms with E-state index < -0.39 is 25.0 Å². The van der Waals surface area contributed by atoms with Gasteiger partial charge in [-0.25, -0.2) is 0 Å². The van der Waals surface area contributed by atoms with Gasteiger partial charge in [0.05, 0.1) is 11.8 Å². The molecule has 1 aliphatic heterocycles. The first-order valence-corrected chi connectivity index (χ1v) is 9.84. The van der Waals surface area contributed by atoms with Crippen LogP contribution in [0.15, 0.2) is 18.2 Å². The molecule has 1 N–H and O–H groups in total. The van der Waals surface area contributed by atoms with Crippen LogP contribution in [-0.4, -0.2) is 41.7 Å². The fourth-order valence-corrected chi connectivity index (χ4v) is 4.09. The lowest BCUT2D eigenvalue weighted by atomic mass is 9.81. The first kappa shape index (κ1) is 20.6. The van der Waals surface area contributed by atoms with Crippen molar-refractivity contribution >= 4 is 46.9 Å². The molecule has 0 unspecified atom stereocenters. The molecule has 150 valence electrons. The predicted octanol–water partition coefficient (Wildman–Crippen LogP) is 2.33. The van der Waals surface area contributed by atoms with Crippen molar-refractivity contribution in [3.63, 3.8) is 0 Å². The molecule has 1 aliphatic carbocycles. The molecule has 2 atom stereocenters. The Labute approximate surface area is 172 Å². The van der Waals surface area contributed by atoms with Gasteiger partial charge in [-0.3, -0.25) is 24.1 Å². The number of hydrogen-bond acceptors (Lipinski definition) is 5. The topological polar surface area (TPSA) is 92.8 Å². The summed E-state index contributed by atoms with van der Waals surface area (Å²) >= 11 is 11.8. The number of esters is 1. The van der Waals surface area contributed by atoms with Crippen LogP contribution < -0.4 is 5.32 Å². The van der Waals surface area contributed by atoms with Crippen molar-refractivity contribution < 1.29 is 23.9 Å². The Morgan fingerprint density at radius 3 is 2.36 bits per heavy atom. The average Bonchev–Trinajstić information content (AvgIpc) is 2.91. The highest BCUT2D eigenvalue weighted by atomic mass is 35.5. The van der Waals surface area contributed by atoms with E-state index in [2.05, 4.69) is 5.32 Å². The first-order valence-electron chi connectivity index (χ1n) is 9.08. The van der Waals surface area contributed by atoms with E-state index in [1.165, 1.54) is 0 Å². The summed E-state index contributed by atoms with van der Waals surface area (Å²) in [5, 5.41) is 3.48. The first-order chi connectivity index (χ1) is 13.4. The molecule has 1 aromatic rings. The second kappa shape index (κ2) is 8.92. The Morgan fingerprint density at radius 2 is 1.75 bits per heavy atom. The number of carbonyl (C=O) groups excluding carboxylic acids is 4. The Balaban J connectivity index is 1.44. The van der Waals surface area contributed by atoms with E-state index in [0.29, 0.717) is 28.5 Å². The van der Waals surface area contributed by atoms with Gasteiger partial charge in [0.25, 0.3) is 5.91 Å². The van der Waals surface area contributed by atoms with Gasteiger partial charge < -0.3 is 10.1 Å². The molecular formula is C19H20Cl2N2O5. The van der Waals surface area contributed by atoms with Crippen LogP contribution >= 0.6 is 23.2 Å². The Morgan fingerprint density at radius 1 is 1.11 bits per heavy atom. The van der Waals surface area contributed by atoms with Crippen LogP contribution in [0, 0.1) is 11.8 Å². The highest BCUT2D eigenvalue weighted by Gasteiger charge is 2.48. The maximum atomic E-state index is 12.3. The number of halogens is 2. The van der Waals surface area contributed by atoms with Gasteiger partial charge in [-0.05, 0) is 30.5 Å². The van der Waals surface area contributed by atoms with Crippen LogP contribution in [-0.2, 0) is 30.5 Å². The number of nitrogens with one attached hydrogen (secondary N) is 1. The smallest absolute Gasteiger partial charge is 0.326 e. The summed E-state index contributed by atoms with van der Waals surface area (Å²) in [6.07, 6.45) is 3.18. The molecule has 0 bridgehead atoms. The van der Waals surface area contributed by atoms with E-state index in [4.69, 9.17) is 27.9 Å². The number of fused-ring (bicyclic) bond motifs is 1. The second-order valence-corrected chi connectivity index (χ2v) is 7.78. The Bertz CT molecular complexity index is 790. The molecule has 3 amide bonds. The molecule has 1 heterocycles. The van der Waals surface area contributed by atoms with Crippen molar-refractivity contribution in [2.75, 3.05) is 13.2 Å². The van der Waals surface area contributed by atoms with Gasteiger partial charge in [0.15, 0.2) is 6.61 Å². The third-order valence-electron chi connectivity index (χ3n) is 5.07. The van der Waals surface area contributed by atoms with Crippen LogP contribution in [0.5, 0.6) is 0 Å². The molecule has 28 heavy (non-hydrogen) atoms. The average molecular weight is 427 g/mol. The van der Waals surface area contributed by atoms with Crippen molar-refractivity contribution in [3.05, 3.63) is 33.8 Å². The summed E-state index contributed by atoms with van der Waals surface area (Å²) in [5.74, 6) is -2.57. The number of hydrogen-bond donors (Lipinski definition) is 1. The Kier molecular flexibility index (Phi) is 6.57. The standard InChI is InChI=1S/C19H20Cl2N2O5/c20-12-6-5-11(15(21)7-12)8-22-16(24)10-28-17(25)9-23-18(26)13-3-1-2-4-14(13)19(23)27/h5-7,13-14H,1-4,8-10H2,(H,22,24)/t13-,14-/m1/s1. The number of likely N-dealkylation sites (tertiary alicyclic amines) is 1. The fourth-order valence-electron chi connectivity index (χ4n) is 3.62. The van der Waals surface area contributed by atoms with Crippen molar-refractivity contribution in [2.24, 2.45) is 11.8 Å². The molecule has 2 aliphatic rings. The van der Waals surface area contributed by atoms with Crippen LogP contribution in [0.25, 0.3) is 0 Å². The summed E-state index contributed by atoms with van der Waals surface area (Å²) in [4.78, 5) is 49.5. The minimum Gasteiger partial charge on any atom is -0.454 e. The van der Waals surface area contributed by atoms with Crippen LogP contribution in [0.2, 0.25) is 10.0 Å². The normalized spacial score (nSPS) is 21.4. The third-order valence-corrected chi connectivity index (χ3v) is 5.66. The molecule has 0 radical (unpaired) electrons. The zero-order valence-corrected chi connectivity index (χ0v) is 16.6. The van der Waals surface area contributed by atoms with E-state index in [9.17, 15) is 19.2 Å². The highest BCUT2D eigenvalue weighted by molar-refractivity contribution is 6.35. The monoisotopic (exact) mass is 426 g/mol. The van der Waals surface area contributed by atoms with E-state index >= 15 is 0 Å². The van der Waals surface area contributed by atoms with E-state index in [1.54, 1.807) is 18.2 Å². The molecule has 9 heteroatoms. The zero-order chi connectivity index (χ0) is 20.3. The minimum atomic E-state index is -0.792. The number of rotatable bonds is 6. The molecule has 1 saturated heterocycles. The van der Waals surface area contributed by atoms with Crippen molar-refractivity contribution in [1.82, 2.24) is 10.2 Å². The van der Waals surface area contributed by atoms with Gasteiger partial charge in [-0.1, -0.05) is 42.1 Å². The number of carbonyl (C=O) groups is 4. The molecule has 7 nitrogen and oxygen atoms in total. The van der Waals surface area contributed by atoms with Crippen molar-refractivity contribution in [3.8, 4) is 0 Å². The van der Waals surface area contributed by atoms with Gasteiger partial charge in [0.2, 0.25) is 11.8 Å². The summed E-state index contributed by atoms with van der Waals surface area (Å²) in [6, 6.07) is 4.89. The SMILES string of the molecule is O=C(COC(=O)CN1C(=O)[C@@H]2CCCC[C@H]2C1=O)NCc1ccc(Cl)cc1Cl. The predicted molar refractivity (Wildman–Crippen MR) is 101 cm³/mol. The third kappa shape index (κ3) is 4.64. The Hall–Kier alpha value is -2.12. The minimum absolute atomic E-state index is 0.152. The van der Waals surface area contributed by atoms with Crippen LogP contribution in [0.3, 0.4) is 0 Å². The molecule has 3 rings (SSSR count). The summed E-state index contributed by atoms with van der Waals surface area (Å²) in [7, 11) is 0. The molecule has 2 fully saturated rings. The lowest BCUT2D eigenvalue weighted by Crippen LogP contribution is -2.38. The van der Waals surface area contributed by atoms with Gasteiger partial charge in [-0.2, -0.15) is 0 Å². The quantitative estimate of drug-likeness (QED) is 0.556. The van der Waals surface area contributed by atoms with Gasteiger partial charge in [-0.15, -0.1) is 0 Å².